The normalized spacial score (nSPS) is 11.1. The fourth-order valence-corrected chi connectivity index (χ4v) is 1.52. The highest BCUT2D eigenvalue weighted by molar-refractivity contribution is 14.1. The van der Waals surface area contributed by atoms with E-state index in [0.717, 1.165) is 0 Å². The molecular formula is C11H14INO. The lowest BCUT2D eigenvalue weighted by Crippen LogP contribution is -2.18. The molecule has 0 heterocycles. The van der Waals surface area contributed by atoms with Gasteiger partial charge in [-0.05, 0) is 31.5 Å². The molecule has 1 N–H and O–H groups in total. The van der Waals surface area contributed by atoms with Crippen LogP contribution in [0.4, 0.5) is 0 Å². The topological polar surface area (TPSA) is 29.1 Å². The highest BCUT2D eigenvalue weighted by Gasteiger charge is 2.15. The van der Waals surface area contributed by atoms with Crippen LogP contribution in [-0.4, -0.2) is 13.0 Å². The van der Waals surface area contributed by atoms with E-state index in [9.17, 15) is 4.79 Å². The zero-order chi connectivity index (χ0) is 10.8. The molecule has 1 rings (SSSR count). The van der Waals surface area contributed by atoms with Gasteiger partial charge >= 0.3 is 0 Å². The minimum absolute atomic E-state index is 0.0391. The summed E-state index contributed by atoms with van der Waals surface area (Å²) in [6.45, 7) is 4.28. The summed E-state index contributed by atoms with van der Waals surface area (Å²) in [5.41, 5.74) is 1.93. The van der Waals surface area contributed by atoms with Crippen molar-refractivity contribution in [2.24, 2.45) is 0 Å². The van der Waals surface area contributed by atoms with Crippen molar-refractivity contribution >= 4 is 28.5 Å². The number of nitrogens with one attached hydrogen (secondary N) is 1. The molecule has 2 nitrogen and oxygen atoms in total. The van der Waals surface area contributed by atoms with Crippen molar-refractivity contribution in [2.75, 3.05) is 7.05 Å². The number of alkyl halides is 1. The molecule has 1 aromatic rings. The molecule has 0 bridgehead atoms. The first-order chi connectivity index (χ1) is 6.45. The van der Waals surface area contributed by atoms with Crippen LogP contribution in [0.1, 0.15) is 29.8 Å². The molecule has 3 heteroatoms. The Morgan fingerprint density at radius 1 is 1.29 bits per heavy atom. The van der Waals surface area contributed by atoms with E-state index in [0.29, 0.717) is 5.56 Å². The maximum atomic E-state index is 11.3. The van der Waals surface area contributed by atoms with Crippen LogP contribution in [0, 0.1) is 0 Å². The predicted octanol–water partition coefficient (Wildman–Crippen LogP) is 2.72. The molecule has 0 unspecified atom stereocenters. The summed E-state index contributed by atoms with van der Waals surface area (Å²) in [5, 5.41) is 2.60. The van der Waals surface area contributed by atoms with Crippen LogP contribution < -0.4 is 5.32 Å². The molecule has 14 heavy (non-hydrogen) atoms. The Hall–Kier alpha value is -0.580. The maximum Gasteiger partial charge on any atom is 0.251 e. The van der Waals surface area contributed by atoms with E-state index in [1.807, 2.05) is 24.3 Å². The zero-order valence-corrected chi connectivity index (χ0v) is 10.8. The van der Waals surface area contributed by atoms with Crippen LogP contribution in [0.3, 0.4) is 0 Å². The van der Waals surface area contributed by atoms with E-state index >= 15 is 0 Å². The molecule has 76 valence electrons. The van der Waals surface area contributed by atoms with Crippen LogP contribution in [-0.2, 0) is 3.42 Å². The van der Waals surface area contributed by atoms with Gasteiger partial charge in [0.1, 0.15) is 0 Å². The summed E-state index contributed by atoms with van der Waals surface area (Å²) in [4.78, 5) is 11.3. The smallest absolute Gasteiger partial charge is 0.251 e. The van der Waals surface area contributed by atoms with Gasteiger partial charge in [0.25, 0.3) is 5.91 Å². The van der Waals surface area contributed by atoms with Crippen molar-refractivity contribution in [2.45, 2.75) is 17.3 Å². The molecule has 0 spiro atoms. The van der Waals surface area contributed by atoms with Crippen molar-refractivity contribution in [3.63, 3.8) is 0 Å². The van der Waals surface area contributed by atoms with Gasteiger partial charge in [-0.15, -0.1) is 0 Å². The fraction of sp³-hybridized carbons (Fsp3) is 0.364. The van der Waals surface area contributed by atoms with Gasteiger partial charge in [-0.1, -0.05) is 34.7 Å². The molecule has 1 aromatic carbocycles. The summed E-state index contributed by atoms with van der Waals surface area (Å²) in [6, 6.07) is 7.71. The molecule has 0 radical (unpaired) electrons. The van der Waals surface area contributed by atoms with E-state index in [2.05, 4.69) is 41.8 Å². The third-order valence-corrected chi connectivity index (χ3v) is 2.68. The quantitative estimate of drug-likeness (QED) is 0.660. The van der Waals surface area contributed by atoms with Crippen LogP contribution in [0.2, 0.25) is 0 Å². The van der Waals surface area contributed by atoms with Crippen molar-refractivity contribution in [3.05, 3.63) is 35.4 Å². The van der Waals surface area contributed by atoms with Crippen LogP contribution >= 0.6 is 22.6 Å². The van der Waals surface area contributed by atoms with Gasteiger partial charge in [0.15, 0.2) is 0 Å². The van der Waals surface area contributed by atoms with Crippen LogP contribution in [0.15, 0.2) is 24.3 Å². The molecule has 0 aliphatic carbocycles. The van der Waals surface area contributed by atoms with Gasteiger partial charge < -0.3 is 5.32 Å². The highest BCUT2D eigenvalue weighted by Crippen LogP contribution is 2.30. The van der Waals surface area contributed by atoms with E-state index < -0.39 is 0 Å². The highest BCUT2D eigenvalue weighted by atomic mass is 127. The van der Waals surface area contributed by atoms with Gasteiger partial charge in [0.2, 0.25) is 0 Å². The lowest BCUT2D eigenvalue weighted by molar-refractivity contribution is 0.0963. The third kappa shape index (κ3) is 2.70. The first-order valence-corrected chi connectivity index (χ1v) is 5.54. The van der Waals surface area contributed by atoms with Gasteiger partial charge in [-0.25, -0.2) is 0 Å². The number of amides is 1. The molecule has 0 saturated heterocycles. The van der Waals surface area contributed by atoms with Gasteiger partial charge in [0.05, 0.1) is 0 Å². The first kappa shape index (κ1) is 11.5. The van der Waals surface area contributed by atoms with Crippen molar-refractivity contribution in [3.8, 4) is 0 Å². The Bertz CT molecular complexity index is 324. The molecule has 0 saturated carbocycles. The standard InChI is InChI=1S/C11H14INO/c1-11(2,12)9-6-4-8(5-7-9)10(14)13-3/h4-7H,1-3H3,(H,13,14). The van der Waals surface area contributed by atoms with Gasteiger partial charge in [-0.2, -0.15) is 0 Å². The maximum absolute atomic E-state index is 11.3. The number of hydrogen-bond donors (Lipinski definition) is 1. The number of rotatable bonds is 2. The lowest BCUT2D eigenvalue weighted by Gasteiger charge is -2.16. The molecule has 0 aliphatic rings. The summed E-state index contributed by atoms with van der Waals surface area (Å²) < 4.78 is 0.110. The predicted molar refractivity (Wildman–Crippen MR) is 66.9 cm³/mol. The monoisotopic (exact) mass is 303 g/mol. The van der Waals surface area contributed by atoms with Crippen LogP contribution in [0.5, 0.6) is 0 Å². The summed E-state index contributed by atoms with van der Waals surface area (Å²) in [6.07, 6.45) is 0. The second kappa shape index (κ2) is 4.29. The minimum Gasteiger partial charge on any atom is -0.355 e. The summed E-state index contributed by atoms with van der Waals surface area (Å²) in [7, 11) is 1.64. The summed E-state index contributed by atoms with van der Waals surface area (Å²) in [5.74, 6) is -0.0391. The Kier molecular flexibility index (Phi) is 3.53. The molecule has 0 aliphatic heterocycles. The van der Waals surface area contributed by atoms with E-state index in [4.69, 9.17) is 0 Å². The van der Waals surface area contributed by atoms with Crippen LogP contribution in [0.25, 0.3) is 0 Å². The number of carbonyl (C=O) groups excluding carboxylic acids is 1. The average molecular weight is 303 g/mol. The van der Waals surface area contributed by atoms with Gasteiger partial charge in [-0.3, -0.25) is 4.79 Å². The second-order valence-electron chi connectivity index (χ2n) is 3.63. The Morgan fingerprint density at radius 2 is 1.79 bits per heavy atom. The second-order valence-corrected chi connectivity index (χ2v) is 6.33. The third-order valence-electron chi connectivity index (χ3n) is 2.06. The largest absolute Gasteiger partial charge is 0.355 e. The lowest BCUT2D eigenvalue weighted by atomic mass is 10.0. The SMILES string of the molecule is CNC(=O)c1ccc(C(C)(C)I)cc1. The minimum atomic E-state index is -0.0391. The fourth-order valence-electron chi connectivity index (χ4n) is 1.16. The Morgan fingerprint density at radius 3 is 2.14 bits per heavy atom. The summed E-state index contributed by atoms with van der Waals surface area (Å²) >= 11 is 2.38. The molecule has 0 atom stereocenters. The Labute approximate surface area is 98.2 Å². The first-order valence-electron chi connectivity index (χ1n) is 4.46. The number of hydrogen-bond acceptors (Lipinski definition) is 1. The van der Waals surface area contributed by atoms with E-state index in [1.54, 1.807) is 7.05 Å². The molecule has 0 aromatic heterocycles. The zero-order valence-electron chi connectivity index (χ0n) is 8.60. The van der Waals surface area contributed by atoms with Crippen molar-refractivity contribution in [1.29, 1.82) is 0 Å². The number of carbonyl (C=O) groups is 1. The molecular weight excluding hydrogens is 289 g/mol. The van der Waals surface area contributed by atoms with Gasteiger partial charge in [0, 0.05) is 16.0 Å². The average Bonchev–Trinajstić information content (AvgIpc) is 2.15. The Balaban J connectivity index is 2.95. The molecule has 0 fully saturated rings. The van der Waals surface area contributed by atoms with E-state index in [1.165, 1.54) is 5.56 Å². The number of benzene rings is 1. The molecule has 1 amide bonds. The van der Waals surface area contributed by atoms with E-state index in [-0.39, 0.29) is 9.33 Å². The van der Waals surface area contributed by atoms with Crippen molar-refractivity contribution in [1.82, 2.24) is 5.32 Å². The van der Waals surface area contributed by atoms with Crippen molar-refractivity contribution < 1.29 is 4.79 Å². The number of halogens is 1.